The quantitative estimate of drug-likeness (QED) is 0.247. The van der Waals surface area contributed by atoms with Crippen LogP contribution >= 0.6 is 11.8 Å². The Hall–Kier alpha value is -3.11. The maximum absolute atomic E-state index is 13.0. The maximum atomic E-state index is 13.0. The highest BCUT2D eigenvalue weighted by atomic mass is 32.2. The molecule has 1 fully saturated rings. The fourth-order valence-electron chi connectivity index (χ4n) is 4.54. The van der Waals surface area contributed by atoms with Crippen molar-refractivity contribution in [3.8, 4) is 0 Å². The summed E-state index contributed by atoms with van der Waals surface area (Å²) in [6.45, 7) is 3.80. The van der Waals surface area contributed by atoms with Crippen LogP contribution in [0.5, 0.6) is 0 Å². The first-order chi connectivity index (χ1) is 18.7. The Morgan fingerprint density at radius 1 is 1.21 bits per heavy atom. The zero-order chi connectivity index (χ0) is 28.4. The Kier molecular flexibility index (Phi) is 11.2. The predicted octanol–water partition coefficient (Wildman–Crippen LogP) is 3.25. The highest BCUT2D eigenvalue weighted by Gasteiger charge is 2.42. The molecule has 0 bridgehead atoms. The number of nitrogens with one attached hydrogen (secondary N) is 3. The van der Waals surface area contributed by atoms with Gasteiger partial charge in [0.2, 0.25) is 23.4 Å². The predicted molar refractivity (Wildman–Crippen MR) is 152 cm³/mol. The van der Waals surface area contributed by atoms with E-state index in [1.807, 2.05) is 62.6 Å². The molecule has 3 rings (SSSR count). The van der Waals surface area contributed by atoms with Crippen LogP contribution in [0.25, 0.3) is 10.8 Å². The zero-order valence-corrected chi connectivity index (χ0v) is 23.6. The number of amides is 3. The van der Waals surface area contributed by atoms with E-state index in [9.17, 15) is 24.3 Å². The molecule has 4 N–H and O–H groups in total. The first kappa shape index (κ1) is 30.4. The summed E-state index contributed by atoms with van der Waals surface area (Å²) in [4.78, 5) is 49.8. The molecule has 0 radical (unpaired) electrons. The van der Waals surface area contributed by atoms with Crippen molar-refractivity contribution >= 4 is 46.2 Å². The lowest BCUT2D eigenvalue weighted by Gasteiger charge is -2.34. The van der Waals surface area contributed by atoms with Crippen LogP contribution in [0.4, 0.5) is 0 Å². The van der Waals surface area contributed by atoms with E-state index in [0.717, 1.165) is 16.3 Å². The number of carbonyl (C=O) groups excluding carboxylic acids is 3. The van der Waals surface area contributed by atoms with E-state index in [0.29, 0.717) is 31.4 Å². The van der Waals surface area contributed by atoms with Crippen LogP contribution in [0.15, 0.2) is 42.5 Å². The third kappa shape index (κ3) is 8.44. The second-order valence-corrected chi connectivity index (χ2v) is 11.1. The van der Waals surface area contributed by atoms with E-state index < -0.39 is 29.7 Å². The van der Waals surface area contributed by atoms with E-state index in [4.69, 9.17) is 4.74 Å². The smallest absolute Gasteiger partial charge is 0.357 e. The fraction of sp³-hybridized carbons (Fsp3) is 0.517. The molecule has 2 aromatic carbocycles. The average Bonchev–Trinajstić information content (AvgIpc) is 3.38. The minimum atomic E-state index is -1.93. The number of carboxylic acids is 1. The third-order valence-corrected chi connectivity index (χ3v) is 7.89. The summed E-state index contributed by atoms with van der Waals surface area (Å²) in [5.41, 5.74) is -0.949. The lowest BCUT2D eigenvalue weighted by atomic mass is 9.99. The molecule has 10 heteroatoms. The minimum absolute atomic E-state index is 0.0262. The summed E-state index contributed by atoms with van der Waals surface area (Å²) in [5, 5.41) is 20.6. The molecule has 0 spiro atoms. The van der Waals surface area contributed by atoms with Gasteiger partial charge in [0, 0.05) is 19.3 Å². The first-order valence-corrected chi connectivity index (χ1v) is 14.8. The highest BCUT2D eigenvalue weighted by molar-refractivity contribution is 7.98. The molecule has 212 valence electrons. The number of ether oxygens (including phenoxy) is 1. The summed E-state index contributed by atoms with van der Waals surface area (Å²) >= 11 is 1.45. The topological polar surface area (TPSA) is 134 Å². The molecule has 2 aromatic rings. The minimum Gasteiger partial charge on any atom is -0.478 e. The monoisotopic (exact) mass is 557 g/mol. The molecule has 4 atom stereocenters. The number of aryl methyl sites for hydroxylation is 1. The van der Waals surface area contributed by atoms with Gasteiger partial charge in [0.15, 0.2) is 0 Å². The number of hydrogen-bond donors (Lipinski definition) is 4. The normalized spacial score (nSPS) is 18.1. The summed E-state index contributed by atoms with van der Waals surface area (Å²) < 4.78 is 6.00. The summed E-state index contributed by atoms with van der Waals surface area (Å²) in [6, 6.07) is 12.9. The molecule has 1 heterocycles. The Labute approximate surface area is 233 Å². The Balaban J connectivity index is 1.68. The Morgan fingerprint density at radius 3 is 2.59 bits per heavy atom. The van der Waals surface area contributed by atoms with Crippen molar-refractivity contribution in [3.63, 3.8) is 0 Å². The number of hydrogen-bond acceptors (Lipinski definition) is 6. The number of fused-ring (bicyclic) bond motifs is 1. The third-order valence-electron chi connectivity index (χ3n) is 7.28. The number of benzene rings is 2. The molecule has 1 saturated heterocycles. The second kappa shape index (κ2) is 14.3. The van der Waals surface area contributed by atoms with Gasteiger partial charge in [-0.25, -0.2) is 4.79 Å². The molecule has 3 amide bonds. The fourth-order valence-corrected chi connectivity index (χ4v) is 5.03. The van der Waals surface area contributed by atoms with Gasteiger partial charge in [-0.3, -0.25) is 14.4 Å². The van der Waals surface area contributed by atoms with Crippen LogP contribution in [-0.4, -0.2) is 65.2 Å². The zero-order valence-electron chi connectivity index (χ0n) is 22.8. The number of aliphatic carboxylic acids is 1. The van der Waals surface area contributed by atoms with Crippen LogP contribution in [0, 0.1) is 5.92 Å². The molecule has 1 aliphatic heterocycles. The van der Waals surface area contributed by atoms with Crippen molar-refractivity contribution in [1.29, 1.82) is 0 Å². The van der Waals surface area contributed by atoms with Crippen molar-refractivity contribution in [1.82, 2.24) is 16.0 Å². The van der Waals surface area contributed by atoms with E-state index in [1.54, 1.807) is 0 Å². The largest absolute Gasteiger partial charge is 0.478 e. The summed E-state index contributed by atoms with van der Waals surface area (Å²) in [5.74, 6) is -1.77. The van der Waals surface area contributed by atoms with Gasteiger partial charge >= 0.3 is 5.97 Å². The van der Waals surface area contributed by atoms with Crippen LogP contribution in [0.1, 0.15) is 51.5 Å². The van der Waals surface area contributed by atoms with Crippen molar-refractivity contribution in [2.75, 3.05) is 18.6 Å². The number of carbonyl (C=O) groups is 4. The van der Waals surface area contributed by atoms with Gasteiger partial charge in [-0.05, 0) is 47.1 Å². The molecule has 9 nitrogen and oxygen atoms in total. The maximum Gasteiger partial charge on any atom is 0.357 e. The van der Waals surface area contributed by atoms with E-state index in [2.05, 4.69) is 16.0 Å². The van der Waals surface area contributed by atoms with Gasteiger partial charge in [-0.2, -0.15) is 11.8 Å². The van der Waals surface area contributed by atoms with Gasteiger partial charge in [0.25, 0.3) is 0 Å². The highest BCUT2D eigenvalue weighted by Crippen LogP contribution is 2.21. The number of carboxylic acid groups (broad SMARTS) is 1. The van der Waals surface area contributed by atoms with Crippen molar-refractivity contribution in [2.45, 2.75) is 70.2 Å². The number of rotatable bonds is 15. The molecule has 0 aliphatic carbocycles. The standard InChI is InChI=1S/C29H39N3O6S/c1-4-19(2)24(31-27(35)23-12-14-25(33)30-23)18-38-29(28(36)37,15-16-39-3)32-26(34)13-10-20-9-11-21-7-5-6-8-22(21)17-20/h5-9,11,17,19,23-24H,4,10,12-16,18H2,1-3H3,(H,30,33)(H,31,35)(H,32,34)(H,36,37)/t19-,23-,24+,29-/m0/s1. The van der Waals surface area contributed by atoms with Crippen LogP contribution in [0.2, 0.25) is 0 Å². The van der Waals surface area contributed by atoms with Crippen molar-refractivity contribution in [3.05, 3.63) is 48.0 Å². The van der Waals surface area contributed by atoms with Gasteiger partial charge < -0.3 is 25.8 Å². The van der Waals surface area contributed by atoms with Crippen LogP contribution in [0.3, 0.4) is 0 Å². The van der Waals surface area contributed by atoms with Gasteiger partial charge in [0.1, 0.15) is 6.04 Å². The Bertz CT molecular complexity index is 1170. The molecule has 1 aliphatic rings. The van der Waals surface area contributed by atoms with E-state index in [1.165, 1.54) is 11.8 Å². The van der Waals surface area contributed by atoms with Crippen LogP contribution < -0.4 is 16.0 Å². The lowest BCUT2D eigenvalue weighted by molar-refractivity contribution is -0.176. The second-order valence-electron chi connectivity index (χ2n) is 10.1. The first-order valence-electron chi connectivity index (χ1n) is 13.4. The van der Waals surface area contributed by atoms with E-state index >= 15 is 0 Å². The number of thioether (sulfide) groups is 1. The van der Waals surface area contributed by atoms with Gasteiger partial charge in [-0.1, -0.05) is 62.7 Å². The summed E-state index contributed by atoms with van der Waals surface area (Å²) in [7, 11) is 0. The average molecular weight is 558 g/mol. The molecule has 0 unspecified atom stereocenters. The Morgan fingerprint density at radius 2 is 1.95 bits per heavy atom. The van der Waals surface area contributed by atoms with Gasteiger partial charge in [0.05, 0.1) is 12.6 Å². The molecular formula is C29H39N3O6S. The van der Waals surface area contributed by atoms with E-state index in [-0.39, 0.29) is 37.2 Å². The molecule has 0 saturated carbocycles. The molecule has 39 heavy (non-hydrogen) atoms. The van der Waals surface area contributed by atoms with Crippen LogP contribution in [-0.2, 0) is 30.3 Å². The van der Waals surface area contributed by atoms with Gasteiger partial charge in [-0.15, -0.1) is 0 Å². The lowest BCUT2D eigenvalue weighted by Crippen LogP contribution is -2.59. The van der Waals surface area contributed by atoms with Crippen molar-refractivity contribution in [2.24, 2.45) is 5.92 Å². The van der Waals surface area contributed by atoms with Crippen molar-refractivity contribution < 1.29 is 29.0 Å². The molecular weight excluding hydrogens is 518 g/mol. The summed E-state index contributed by atoms with van der Waals surface area (Å²) in [6.07, 6.45) is 3.89. The SMILES string of the molecule is CC[C@H](C)[C@@H](CO[C@](CCSC)(NC(=O)CCc1ccc2ccccc2c1)C(=O)O)NC(=O)[C@@H]1CCC(=O)N1. The molecule has 0 aromatic heterocycles.